The number of aromatic nitrogens is 4. The summed E-state index contributed by atoms with van der Waals surface area (Å²) in [5.74, 6) is -0.0156. The van der Waals surface area contributed by atoms with Gasteiger partial charge in [-0.25, -0.2) is 9.97 Å². The summed E-state index contributed by atoms with van der Waals surface area (Å²) in [7, 11) is 0. The van der Waals surface area contributed by atoms with Crippen molar-refractivity contribution in [3.05, 3.63) is 28.7 Å². The van der Waals surface area contributed by atoms with E-state index in [-0.39, 0.29) is 11.7 Å². The van der Waals surface area contributed by atoms with Crippen LogP contribution in [0.5, 0.6) is 0 Å². The zero-order valence-corrected chi connectivity index (χ0v) is 8.62. The lowest BCUT2D eigenvalue weighted by molar-refractivity contribution is 0.0944. The quantitative estimate of drug-likeness (QED) is 0.777. The van der Waals surface area contributed by atoms with Gasteiger partial charge in [0.1, 0.15) is 6.33 Å². The minimum absolute atomic E-state index is 0.231. The van der Waals surface area contributed by atoms with Gasteiger partial charge in [-0.15, -0.1) is 11.3 Å². The Kier molecular flexibility index (Phi) is 3.03. The second-order valence-electron chi connectivity index (χ2n) is 2.77. The summed E-state index contributed by atoms with van der Waals surface area (Å²) in [5.41, 5.74) is 0. The number of aromatic amines is 1. The van der Waals surface area contributed by atoms with Crippen LogP contribution < -0.4 is 5.32 Å². The van der Waals surface area contributed by atoms with E-state index in [1.54, 1.807) is 17.5 Å². The first-order valence-electron chi connectivity index (χ1n) is 4.38. The maximum Gasteiger partial charge on any atom is 0.288 e. The fourth-order valence-corrected chi connectivity index (χ4v) is 1.68. The summed E-state index contributed by atoms with van der Waals surface area (Å²) in [5, 5.41) is 11.7. The largest absolute Gasteiger partial charge is 0.349 e. The third-order valence-electron chi connectivity index (χ3n) is 1.74. The molecule has 78 valence electrons. The van der Waals surface area contributed by atoms with Crippen LogP contribution in [-0.4, -0.2) is 32.6 Å². The van der Waals surface area contributed by atoms with Gasteiger partial charge in [-0.05, 0) is 0 Å². The fraction of sp³-hybridized carbons (Fsp3) is 0.250. The number of rotatable bonds is 4. The van der Waals surface area contributed by atoms with E-state index in [1.165, 1.54) is 6.33 Å². The van der Waals surface area contributed by atoms with Gasteiger partial charge >= 0.3 is 0 Å². The second-order valence-corrected chi connectivity index (χ2v) is 3.74. The minimum atomic E-state index is -0.246. The summed E-state index contributed by atoms with van der Waals surface area (Å²) in [6.07, 6.45) is 3.78. The molecule has 2 heterocycles. The lowest BCUT2D eigenvalue weighted by Crippen LogP contribution is -2.26. The van der Waals surface area contributed by atoms with Crippen LogP contribution in [0.25, 0.3) is 0 Å². The molecule has 15 heavy (non-hydrogen) atoms. The van der Waals surface area contributed by atoms with Gasteiger partial charge < -0.3 is 5.32 Å². The van der Waals surface area contributed by atoms with E-state index >= 15 is 0 Å². The molecule has 7 heteroatoms. The Labute approximate surface area is 89.8 Å². The molecule has 2 N–H and O–H groups in total. The van der Waals surface area contributed by atoms with Crippen molar-refractivity contribution in [1.29, 1.82) is 0 Å². The lowest BCUT2D eigenvalue weighted by atomic mass is 10.4. The average Bonchev–Trinajstić information content (AvgIpc) is 2.90. The Morgan fingerprint density at radius 2 is 2.47 bits per heavy atom. The fourth-order valence-electron chi connectivity index (χ4n) is 1.06. The number of carbonyl (C=O) groups excluding carboxylic acids is 1. The SMILES string of the molecule is O=C(NCCc1nccs1)c1ncn[nH]1. The van der Waals surface area contributed by atoms with Crippen molar-refractivity contribution >= 4 is 17.2 Å². The molecule has 0 saturated heterocycles. The number of amides is 1. The van der Waals surface area contributed by atoms with Gasteiger partial charge in [0.15, 0.2) is 0 Å². The number of carbonyl (C=O) groups is 1. The van der Waals surface area contributed by atoms with Crippen molar-refractivity contribution in [2.75, 3.05) is 6.54 Å². The summed E-state index contributed by atoms with van der Waals surface area (Å²) in [6.45, 7) is 0.549. The molecule has 2 aromatic rings. The molecule has 0 atom stereocenters. The van der Waals surface area contributed by atoms with Gasteiger partial charge in [0.2, 0.25) is 5.82 Å². The monoisotopic (exact) mass is 223 g/mol. The number of hydrogen-bond acceptors (Lipinski definition) is 5. The Hall–Kier alpha value is -1.76. The molecule has 0 radical (unpaired) electrons. The van der Waals surface area contributed by atoms with Crippen LogP contribution in [0.2, 0.25) is 0 Å². The van der Waals surface area contributed by atoms with Crippen LogP contribution in [-0.2, 0) is 6.42 Å². The van der Waals surface area contributed by atoms with E-state index in [9.17, 15) is 4.79 Å². The van der Waals surface area contributed by atoms with E-state index < -0.39 is 0 Å². The van der Waals surface area contributed by atoms with E-state index in [2.05, 4.69) is 25.5 Å². The summed E-state index contributed by atoms with van der Waals surface area (Å²) in [4.78, 5) is 19.2. The van der Waals surface area contributed by atoms with E-state index in [1.807, 2.05) is 5.38 Å². The predicted octanol–water partition coefficient (Wildman–Crippen LogP) is 0.234. The summed E-state index contributed by atoms with van der Waals surface area (Å²) in [6, 6.07) is 0. The molecule has 0 aliphatic rings. The van der Waals surface area contributed by atoms with E-state index in [0.29, 0.717) is 6.54 Å². The molecule has 2 rings (SSSR count). The molecule has 0 aliphatic heterocycles. The summed E-state index contributed by atoms with van der Waals surface area (Å²) >= 11 is 1.57. The Morgan fingerprint density at radius 1 is 1.53 bits per heavy atom. The highest BCUT2D eigenvalue weighted by Crippen LogP contribution is 2.03. The number of H-pyrrole nitrogens is 1. The first-order chi connectivity index (χ1) is 7.36. The van der Waals surface area contributed by atoms with Gasteiger partial charge in [-0.2, -0.15) is 5.10 Å². The maximum absolute atomic E-state index is 11.4. The molecule has 0 fully saturated rings. The lowest BCUT2D eigenvalue weighted by Gasteiger charge is -1.99. The van der Waals surface area contributed by atoms with Gasteiger partial charge in [-0.1, -0.05) is 0 Å². The Bertz CT molecular complexity index is 410. The predicted molar refractivity (Wildman–Crippen MR) is 54.5 cm³/mol. The minimum Gasteiger partial charge on any atom is -0.349 e. The number of hydrogen-bond donors (Lipinski definition) is 2. The topological polar surface area (TPSA) is 83.6 Å². The average molecular weight is 223 g/mol. The first kappa shape index (κ1) is 9.78. The molecule has 0 aromatic carbocycles. The molecule has 2 aromatic heterocycles. The molecule has 1 amide bonds. The van der Waals surface area contributed by atoms with Crippen LogP contribution in [0.1, 0.15) is 15.6 Å². The van der Waals surface area contributed by atoms with Crippen molar-refractivity contribution in [3.63, 3.8) is 0 Å². The van der Waals surface area contributed by atoms with Crippen molar-refractivity contribution in [2.45, 2.75) is 6.42 Å². The van der Waals surface area contributed by atoms with Crippen LogP contribution in [0, 0.1) is 0 Å². The number of nitrogens with zero attached hydrogens (tertiary/aromatic N) is 3. The zero-order valence-electron chi connectivity index (χ0n) is 7.80. The van der Waals surface area contributed by atoms with E-state index in [0.717, 1.165) is 11.4 Å². The molecule has 6 nitrogen and oxygen atoms in total. The van der Waals surface area contributed by atoms with Crippen LogP contribution in [0.15, 0.2) is 17.9 Å². The third kappa shape index (κ3) is 2.59. The van der Waals surface area contributed by atoms with Gasteiger partial charge in [-0.3, -0.25) is 9.89 Å². The molecule has 0 spiro atoms. The maximum atomic E-state index is 11.4. The Morgan fingerprint density at radius 3 is 3.13 bits per heavy atom. The second kappa shape index (κ2) is 4.65. The molecule has 0 aliphatic carbocycles. The van der Waals surface area contributed by atoms with E-state index in [4.69, 9.17) is 0 Å². The zero-order chi connectivity index (χ0) is 10.5. The van der Waals surface area contributed by atoms with Crippen molar-refractivity contribution in [1.82, 2.24) is 25.5 Å². The highest BCUT2D eigenvalue weighted by atomic mass is 32.1. The summed E-state index contributed by atoms with van der Waals surface area (Å²) < 4.78 is 0. The standard InChI is InChI=1S/C8H9N5OS/c14-8(7-11-5-12-13-7)10-2-1-6-9-3-4-15-6/h3-5H,1-2H2,(H,10,14)(H,11,12,13). The van der Waals surface area contributed by atoms with Crippen molar-refractivity contribution in [3.8, 4) is 0 Å². The van der Waals surface area contributed by atoms with Crippen LogP contribution in [0.4, 0.5) is 0 Å². The molecular formula is C8H9N5OS. The van der Waals surface area contributed by atoms with Crippen molar-refractivity contribution in [2.24, 2.45) is 0 Å². The number of thiazole rings is 1. The molecular weight excluding hydrogens is 214 g/mol. The Balaban J connectivity index is 1.77. The van der Waals surface area contributed by atoms with Gasteiger partial charge in [0, 0.05) is 24.5 Å². The smallest absolute Gasteiger partial charge is 0.288 e. The highest BCUT2D eigenvalue weighted by Gasteiger charge is 2.07. The van der Waals surface area contributed by atoms with Crippen molar-refractivity contribution < 1.29 is 4.79 Å². The van der Waals surface area contributed by atoms with Gasteiger partial charge in [0.25, 0.3) is 5.91 Å². The first-order valence-corrected chi connectivity index (χ1v) is 5.26. The van der Waals surface area contributed by atoms with Crippen LogP contribution >= 0.6 is 11.3 Å². The number of nitrogens with one attached hydrogen (secondary N) is 2. The molecule has 0 unspecified atom stereocenters. The highest BCUT2D eigenvalue weighted by molar-refractivity contribution is 7.09. The molecule has 0 saturated carbocycles. The van der Waals surface area contributed by atoms with Gasteiger partial charge in [0.05, 0.1) is 5.01 Å². The molecule has 0 bridgehead atoms. The third-order valence-corrected chi connectivity index (χ3v) is 2.58. The van der Waals surface area contributed by atoms with Crippen LogP contribution in [0.3, 0.4) is 0 Å². The normalized spacial score (nSPS) is 10.1.